The number of piperidine rings is 1. The van der Waals surface area contributed by atoms with Crippen LogP contribution in [0.3, 0.4) is 0 Å². The number of halogens is 3. The second kappa shape index (κ2) is 8.26. The normalized spacial score (nSPS) is 20.6. The maximum absolute atomic E-state index is 12.5. The highest BCUT2D eigenvalue weighted by molar-refractivity contribution is 9.10. The van der Waals surface area contributed by atoms with Crippen LogP contribution >= 0.6 is 15.9 Å². The van der Waals surface area contributed by atoms with E-state index in [4.69, 9.17) is 4.74 Å². The second-order valence-corrected chi connectivity index (χ2v) is 6.72. The van der Waals surface area contributed by atoms with E-state index < -0.39 is 6.61 Å². The van der Waals surface area contributed by atoms with Crippen LogP contribution in [0.5, 0.6) is 11.5 Å². The predicted octanol–water partition coefficient (Wildman–Crippen LogP) is 3.65. The van der Waals surface area contributed by atoms with Crippen molar-refractivity contribution >= 4 is 15.9 Å². The molecule has 0 spiro atoms. The van der Waals surface area contributed by atoms with Crippen molar-refractivity contribution < 1.29 is 23.4 Å². The van der Waals surface area contributed by atoms with E-state index >= 15 is 0 Å². The van der Waals surface area contributed by atoms with Gasteiger partial charge < -0.3 is 14.6 Å². The number of aliphatic hydroxyl groups excluding tert-OH is 1. The molecule has 1 aromatic carbocycles. The molecular weight excluding hydrogens is 372 g/mol. The van der Waals surface area contributed by atoms with Crippen molar-refractivity contribution in [1.82, 2.24) is 4.90 Å². The van der Waals surface area contributed by atoms with Crippen LogP contribution in [0.1, 0.15) is 25.3 Å². The van der Waals surface area contributed by atoms with Gasteiger partial charge in [-0.3, -0.25) is 4.90 Å². The first kappa shape index (κ1) is 18.4. The molecule has 0 saturated carbocycles. The van der Waals surface area contributed by atoms with Crippen molar-refractivity contribution in [3.63, 3.8) is 0 Å². The van der Waals surface area contributed by atoms with Crippen LogP contribution in [-0.4, -0.2) is 42.9 Å². The minimum atomic E-state index is -2.90. The average Bonchev–Trinajstić information content (AvgIpc) is 2.49. The number of benzene rings is 1. The van der Waals surface area contributed by atoms with Gasteiger partial charge in [0.05, 0.1) is 17.7 Å². The lowest BCUT2D eigenvalue weighted by atomic mass is 9.93. The molecule has 0 bridgehead atoms. The Morgan fingerprint density at radius 2 is 2.17 bits per heavy atom. The van der Waals surface area contributed by atoms with Gasteiger partial charge in [-0.2, -0.15) is 8.78 Å². The van der Waals surface area contributed by atoms with Gasteiger partial charge in [-0.25, -0.2) is 0 Å². The van der Waals surface area contributed by atoms with E-state index in [0.717, 1.165) is 31.5 Å². The molecule has 0 amide bonds. The van der Waals surface area contributed by atoms with Crippen molar-refractivity contribution in [2.24, 2.45) is 5.92 Å². The fourth-order valence-electron chi connectivity index (χ4n) is 2.95. The summed E-state index contributed by atoms with van der Waals surface area (Å²) in [7, 11) is 1.42. The maximum atomic E-state index is 12.5. The average molecular weight is 394 g/mol. The van der Waals surface area contributed by atoms with Gasteiger partial charge in [-0.05, 0) is 65.9 Å². The molecule has 130 valence electrons. The van der Waals surface area contributed by atoms with E-state index in [1.54, 1.807) is 12.1 Å². The number of likely N-dealkylation sites (tertiary alicyclic amines) is 1. The predicted molar refractivity (Wildman–Crippen MR) is 87.0 cm³/mol. The minimum absolute atomic E-state index is 0.00625. The molecule has 1 N–H and O–H groups in total. The number of hydrogen-bond acceptors (Lipinski definition) is 4. The van der Waals surface area contributed by atoms with E-state index in [2.05, 4.69) is 25.6 Å². The number of nitrogens with zero attached hydrogens (tertiary/aromatic N) is 1. The lowest BCUT2D eigenvalue weighted by Gasteiger charge is -2.34. The largest absolute Gasteiger partial charge is 0.493 e. The third-order valence-corrected chi connectivity index (χ3v) is 4.72. The first-order chi connectivity index (χ1) is 10.9. The summed E-state index contributed by atoms with van der Waals surface area (Å²) in [4.78, 5) is 2.26. The Bertz CT molecular complexity index is 528. The van der Waals surface area contributed by atoms with E-state index in [9.17, 15) is 13.9 Å². The van der Waals surface area contributed by atoms with Gasteiger partial charge in [0.1, 0.15) is 0 Å². The van der Waals surface area contributed by atoms with Gasteiger partial charge in [0, 0.05) is 13.1 Å². The molecule has 7 heteroatoms. The van der Waals surface area contributed by atoms with Gasteiger partial charge in [0.25, 0.3) is 0 Å². The lowest BCUT2D eigenvalue weighted by molar-refractivity contribution is -0.0517. The summed E-state index contributed by atoms with van der Waals surface area (Å²) in [5.74, 6) is 0.557. The molecule has 1 saturated heterocycles. The van der Waals surface area contributed by atoms with Crippen molar-refractivity contribution in [3.8, 4) is 11.5 Å². The Labute approximate surface area is 143 Å². The minimum Gasteiger partial charge on any atom is -0.493 e. The smallest absolute Gasteiger partial charge is 0.387 e. The molecule has 1 aromatic rings. The molecule has 2 unspecified atom stereocenters. The molecule has 2 rings (SSSR count). The van der Waals surface area contributed by atoms with Crippen molar-refractivity contribution in [1.29, 1.82) is 0 Å². The van der Waals surface area contributed by atoms with E-state index in [1.165, 1.54) is 7.11 Å². The summed E-state index contributed by atoms with van der Waals surface area (Å²) in [5.41, 5.74) is 0.946. The van der Waals surface area contributed by atoms with E-state index in [1.807, 2.05) is 6.92 Å². The first-order valence-electron chi connectivity index (χ1n) is 7.62. The number of hydrogen-bond donors (Lipinski definition) is 1. The highest BCUT2D eigenvalue weighted by Crippen LogP contribution is 2.38. The van der Waals surface area contributed by atoms with Crippen LogP contribution in [0.4, 0.5) is 8.78 Å². The molecule has 0 aromatic heterocycles. The van der Waals surface area contributed by atoms with Crippen molar-refractivity contribution in [3.05, 3.63) is 22.2 Å². The summed E-state index contributed by atoms with van der Waals surface area (Å²) in [5, 5.41) is 9.77. The fourth-order valence-corrected chi connectivity index (χ4v) is 3.54. The summed E-state index contributed by atoms with van der Waals surface area (Å²) in [6.07, 6.45) is 1.75. The second-order valence-electron chi connectivity index (χ2n) is 5.87. The SMILES string of the molecule is COc1cc(CN2CCCC(C(C)O)C2)cc(Br)c1OC(F)F. The van der Waals surface area contributed by atoms with Crippen LogP contribution in [-0.2, 0) is 6.54 Å². The Hall–Kier alpha value is -0.920. The highest BCUT2D eigenvalue weighted by atomic mass is 79.9. The molecule has 2 atom stereocenters. The van der Waals surface area contributed by atoms with Crippen LogP contribution < -0.4 is 9.47 Å². The lowest BCUT2D eigenvalue weighted by Crippen LogP contribution is -2.39. The Morgan fingerprint density at radius 1 is 1.43 bits per heavy atom. The van der Waals surface area contributed by atoms with Gasteiger partial charge in [0.15, 0.2) is 11.5 Å². The third kappa shape index (κ3) is 5.02. The number of methoxy groups -OCH3 is 1. The van der Waals surface area contributed by atoms with Crippen LogP contribution in [0.15, 0.2) is 16.6 Å². The van der Waals surface area contributed by atoms with Crippen molar-refractivity contribution in [2.45, 2.75) is 39.0 Å². The molecular formula is C16H22BrF2NO3. The Kier molecular flexibility index (Phi) is 6.61. The summed E-state index contributed by atoms with van der Waals surface area (Å²) >= 11 is 3.27. The zero-order chi connectivity index (χ0) is 17.0. The Balaban J connectivity index is 2.12. The summed E-state index contributed by atoms with van der Waals surface area (Å²) < 4.78 is 35.1. The molecule has 1 aliphatic heterocycles. The topological polar surface area (TPSA) is 41.9 Å². The fraction of sp³-hybridized carbons (Fsp3) is 0.625. The summed E-state index contributed by atoms with van der Waals surface area (Å²) in [6, 6.07) is 3.49. The van der Waals surface area contributed by atoms with Gasteiger partial charge in [0.2, 0.25) is 0 Å². The monoisotopic (exact) mass is 393 g/mol. The van der Waals surface area contributed by atoms with E-state index in [0.29, 0.717) is 11.0 Å². The van der Waals surface area contributed by atoms with Gasteiger partial charge >= 0.3 is 6.61 Å². The highest BCUT2D eigenvalue weighted by Gasteiger charge is 2.24. The standard InChI is InChI=1S/C16H22BrF2NO3/c1-10(21)12-4-3-5-20(9-12)8-11-6-13(17)15(23-16(18)19)14(7-11)22-2/h6-7,10,12,16,21H,3-5,8-9H2,1-2H3. The number of aliphatic hydroxyl groups is 1. The molecule has 4 nitrogen and oxygen atoms in total. The Morgan fingerprint density at radius 3 is 2.78 bits per heavy atom. The molecule has 0 aliphatic carbocycles. The number of ether oxygens (including phenoxy) is 2. The zero-order valence-corrected chi connectivity index (χ0v) is 14.9. The maximum Gasteiger partial charge on any atom is 0.387 e. The quantitative estimate of drug-likeness (QED) is 0.800. The molecule has 1 heterocycles. The van der Waals surface area contributed by atoms with Crippen LogP contribution in [0.25, 0.3) is 0 Å². The van der Waals surface area contributed by atoms with E-state index in [-0.39, 0.29) is 23.5 Å². The number of alkyl halides is 2. The van der Waals surface area contributed by atoms with Gasteiger partial charge in [-0.15, -0.1) is 0 Å². The molecule has 1 fully saturated rings. The molecule has 0 radical (unpaired) electrons. The van der Waals surface area contributed by atoms with Gasteiger partial charge in [-0.1, -0.05) is 0 Å². The van der Waals surface area contributed by atoms with Crippen molar-refractivity contribution in [2.75, 3.05) is 20.2 Å². The molecule has 1 aliphatic rings. The van der Waals surface area contributed by atoms with Crippen LogP contribution in [0.2, 0.25) is 0 Å². The third-order valence-electron chi connectivity index (χ3n) is 4.13. The van der Waals surface area contributed by atoms with Crippen LogP contribution in [0, 0.1) is 5.92 Å². The number of rotatable bonds is 6. The zero-order valence-electron chi connectivity index (χ0n) is 13.3. The molecule has 23 heavy (non-hydrogen) atoms. The summed E-state index contributed by atoms with van der Waals surface area (Å²) in [6.45, 7) is 1.38. The first-order valence-corrected chi connectivity index (χ1v) is 8.41.